The van der Waals surface area contributed by atoms with Crippen molar-refractivity contribution in [2.24, 2.45) is 0 Å². The van der Waals surface area contributed by atoms with Crippen LogP contribution in [0.2, 0.25) is 10.0 Å². The van der Waals surface area contributed by atoms with Crippen LogP contribution in [0.5, 0.6) is 0 Å². The topological polar surface area (TPSA) is 83.1 Å². The Morgan fingerprint density at radius 1 is 1.05 bits per heavy atom. The van der Waals surface area contributed by atoms with Gasteiger partial charge in [0.25, 0.3) is 5.91 Å². The fraction of sp³-hybridized carbons (Fsp3) is 0.500. The highest BCUT2D eigenvalue weighted by molar-refractivity contribution is 6.35. The van der Waals surface area contributed by atoms with Crippen LogP contribution in [0.1, 0.15) is 51.4 Å². The first-order valence-corrected chi connectivity index (χ1v) is 13.9. The maximum Gasteiger partial charge on any atom is 0.315 e. The van der Waals surface area contributed by atoms with Crippen molar-refractivity contribution in [3.05, 3.63) is 68.2 Å². The summed E-state index contributed by atoms with van der Waals surface area (Å²) in [6.07, 6.45) is 2.13. The van der Waals surface area contributed by atoms with Gasteiger partial charge in [0.1, 0.15) is 0 Å². The summed E-state index contributed by atoms with van der Waals surface area (Å²) in [5.74, 6) is 0.129. The van der Waals surface area contributed by atoms with Gasteiger partial charge in [0, 0.05) is 60.3 Å². The third-order valence-electron chi connectivity index (χ3n) is 7.23. The molecule has 1 aliphatic carbocycles. The van der Waals surface area contributed by atoms with Gasteiger partial charge in [-0.1, -0.05) is 35.3 Å². The maximum atomic E-state index is 13.2. The highest BCUT2D eigenvalue weighted by atomic mass is 35.5. The predicted molar refractivity (Wildman–Crippen MR) is 147 cm³/mol. The van der Waals surface area contributed by atoms with Crippen LogP contribution in [0.4, 0.5) is 4.79 Å². The number of fused-ring (bicyclic) bond motifs is 2. The lowest BCUT2D eigenvalue weighted by Gasteiger charge is -2.33. The molecular formula is C28H34Cl2N4O4. The molecule has 1 saturated carbocycles. The molecule has 38 heavy (non-hydrogen) atoms. The Morgan fingerprint density at radius 3 is 2.63 bits per heavy atom. The number of urea groups is 1. The van der Waals surface area contributed by atoms with Crippen molar-refractivity contribution < 1.29 is 19.1 Å². The molecule has 3 aliphatic rings. The molecular weight excluding hydrogens is 527 g/mol. The smallest absolute Gasteiger partial charge is 0.315 e. The van der Waals surface area contributed by atoms with Crippen molar-refractivity contribution in [2.45, 2.75) is 37.9 Å². The van der Waals surface area contributed by atoms with Gasteiger partial charge in [0.2, 0.25) is 0 Å². The first kappa shape index (κ1) is 27.2. The molecule has 0 saturated heterocycles. The minimum absolute atomic E-state index is 0.0331. The van der Waals surface area contributed by atoms with E-state index in [-0.39, 0.29) is 17.9 Å². The number of likely N-dealkylation sites (N-methyl/N-ethyl adjacent to an activating group) is 1. The Morgan fingerprint density at radius 2 is 1.84 bits per heavy atom. The zero-order valence-electron chi connectivity index (χ0n) is 21.6. The largest absolute Gasteiger partial charge is 0.377 e. The van der Waals surface area contributed by atoms with Crippen molar-refractivity contribution in [3.8, 4) is 0 Å². The Labute approximate surface area is 233 Å². The molecule has 3 amide bonds. The fourth-order valence-corrected chi connectivity index (χ4v) is 5.67. The van der Waals surface area contributed by atoms with Crippen molar-refractivity contribution >= 4 is 35.1 Å². The Hall–Kier alpha value is -2.36. The first-order valence-electron chi connectivity index (χ1n) is 13.2. The van der Waals surface area contributed by atoms with Gasteiger partial charge >= 0.3 is 6.03 Å². The lowest BCUT2D eigenvalue weighted by Crippen LogP contribution is -2.38. The Balaban J connectivity index is 1.07. The van der Waals surface area contributed by atoms with Crippen LogP contribution < -0.4 is 10.6 Å². The van der Waals surface area contributed by atoms with Crippen molar-refractivity contribution in [1.82, 2.24) is 20.4 Å². The zero-order valence-corrected chi connectivity index (χ0v) is 23.1. The molecule has 1 unspecified atom stereocenters. The van der Waals surface area contributed by atoms with Gasteiger partial charge < -0.3 is 29.9 Å². The summed E-state index contributed by atoms with van der Waals surface area (Å²) in [4.78, 5) is 28.8. The Kier molecular flexibility index (Phi) is 8.75. The predicted octanol–water partition coefficient (Wildman–Crippen LogP) is 4.02. The molecule has 0 radical (unpaired) electrons. The number of carbonyl (C=O) groups is 2. The molecule has 10 heteroatoms. The zero-order chi connectivity index (χ0) is 26.6. The summed E-state index contributed by atoms with van der Waals surface area (Å²) in [5, 5.41) is 6.95. The monoisotopic (exact) mass is 560 g/mol. The van der Waals surface area contributed by atoms with Crippen LogP contribution in [0, 0.1) is 0 Å². The van der Waals surface area contributed by atoms with Crippen LogP contribution in [-0.2, 0) is 22.6 Å². The molecule has 0 aromatic heterocycles. The van der Waals surface area contributed by atoms with E-state index < -0.39 is 0 Å². The van der Waals surface area contributed by atoms with Gasteiger partial charge in [-0.25, -0.2) is 4.79 Å². The Bertz CT molecular complexity index is 1190. The summed E-state index contributed by atoms with van der Waals surface area (Å²) >= 11 is 12.9. The second-order valence-corrected chi connectivity index (χ2v) is 11.1. The summed E-state index contributed by atoms with van der Waals surface area (Å²) in [6, 6.07) is 10.2. The molecule has 2 aliphatic heterocycles. The quantitative estimate of drug-likeness (QED) is 0.405. The van der Waals surface area contributed by atoms with Crippen molar-refractivity contribution in [2.75, 3.05) is 53.1 Å². The third-order valence-corrected chi connectivity index (χ3v) is 7.79. The first-order chi connectivity index (χ1) is 18.4. The van der Waals surface area contributed by atoms with Crippen LogP contribution >= 0.6 is 23.2 Å². The molecule has 204 valence electrons. The van der Waals surface area contributed by atoms with Gasteiger partial charge in [-0.05, 0) is 60.3 Å². The van der Waals surface area contributed by atoms with E-state index in [0.29, 0.717) is 62.1 Å². The van der Waals surface area contributed by atoms with Gasteiger partial charge in [-0.15, -0.1) is 0 Å². The fourth-order valence-electron chi connectivity index (χ4n) is 5.10. The minimum Gasteiger partial charge on any atom is -0.377 e. The number of carbonyl (C=O) groups excluding carboxylic acids is 2. The molecule has 2 heterocycles. The van der Waals surface area contributed by atoms with E-state index in [1.54, 1.807) is 6.07 Å². The van der Waals surface area contributed by atoms with Crippen molar-refractivity contribution in [3.63, 3.8) is 0 Å². The number of ether oxygens (including phenoxy) is 2. The van der Waals surface area contributed by atoms with E-state index in [1.807, 2.05) is 17.0 Å². The summed E-state index contributed by atoms with van der Waals surface area (Å²) in [5.41, 5.74) is 5.12. The van der Waals surface area contributed by atoms with Gasteiger partial charge in [-0.2, -0.15) is 0 Å². The van der Waals surface area contributed by atoms with Gasteiger partial charge in [0.15, 0.2) is 0 Å². The molecule has 0 bridgehead atoms. The number of benzene rings is 2. The average molecular weight is 562 g/mol. The van der Waals surface area contributed by atoms with Gasteiger partial charge in [-0.3, -0.25) is 4.79 Å². The maximum absolute atomic E-state index is 13.2. The van der Waals surface area contributed by atoms with Crippen LogP contribution in [0.15, 0.2) is 30.3 Å². The number of hydrogen-bond donors (Lipinski definition) is 2. The molecule has 5 rings (SSSR count). The third kappa shape index (κ3) is 6.61. The lowest BCUT2D eigenvalue weighted by atomic mass is 9.84. The van der Waals surface area contributed by atoms with Crippen LogP contribution in [-0.4, -0.2) is 80.9 Å². The molecule has 8 nitrogen and oxygen atoms in total. The number of nitrogens with zero attached hydrogens (tertiary/aromatic N) is 2. The molecule has 2 aromatic rings. The number of halogens is 2. The number of hydrogen-bond acceptors (Lipinski definition) is 5. The van der Waals surface area contributed by atoms with E-state index in [9.17, 15) is 9.59 Å². The number of rotatable bonds is 11. The van der Waals surface area contributed by atoms with E-state index in [2.05, 4.69) is 34.7 Å². The van der Waals surface area contributed by atoms with Crippen LogP contribution in [0.3, 0.4) is 0 Å². The minimum atomic E-state index is -0.138. The van der Waals surface area contributed by atoms with E-state index in [0.717, 1.165) is 53.7 Å². The molecule has 1 atom stereocenters. The normalized spacial score (nSPS) is 18.9. The summed E-state index contributed by atoms with van der Waals surface area (Å²) < 4.78 is 11.2. The molecule has 2 N–H and O–H groups in total. The lowest BCUT2D eigenvalue weighted by molar-refractivity contribution is 0.0377. The van der Waals surface area contributed by atoms with E-state index in [4.69, 9.17) is 32.7 Å². The highest BCUT2D eigenvalue weighted by Gasteiger charge is 2.31. The standard InChI is InChI=1S/C28H34Cl2N4O4/c1-33-16-24(23-13-20(29)14-26(30)25(23)17-33)18-2-3-19-15-34(27(35)22(19)12-18)7-9-38-11-10-37-8-6-31-28(36)32-21-4-5-21/h2-3,12-14,21,24H,4-11,15-17H2,1H3,(H2,31,32,36). The molecule has 1 fully saturated rings. The summed E-state index contributed by atoms with van der Waals surface area (Å²) in [6.45, 7) is 4.93. The van der Waals surface area contributed by atoms with Crippen LogP contribution in [0.25, 0.3) is 0 Å². The summed E-state index contributed by atoms with van der Waals surface area (Å²) in [7, 11) is 2.08. The molecule has 2 aromatic carbocycles. The van der Waals surface area contributed by atoms with Crippen molar-refractivity contribution in [1.29, 1.82) is 0 Å². The highest BCUT2D eigenvalue weighted by Crippen LogP contribution is 2.39. The SMILES string of the molecule is CN1Cc2c(Cl)cc(Cl)cc2C(c2ccc3c(c2)C(=O)N(CCOCCOCCNC(=O)NC2CC2)C3)C1. The average Bonchev–Trinajstić information content (AvgIpc) is 3.65. The number of amides is 3. The second kappa shape index (κ2) is 12.2. The van der Waals surface area contributed by atoms with Gasteiger partial charge in [0.05, 0.1) is 26.4 Å². The number of nitrogens with one attached hydrogen (secondary N) is 2. The van der Waals surface area contributed by atoms with E-state index in [1.165, 1.54) is 0 Å². The van der Waals surface area contributed by atoms with E-state index >= 15 is 0 Å². The molecule has 0 spiro atoms. The second-order valence-electron chi connectivity index (χ2n) is 10.2.